The molecule has 0 N–H and O–H groups in total. The highest BCUT2D eigenvalue weighted by Crippen LogP contribution is 2.69. The van der Waals surface area contributed by atoms with E-state index in [9.17, 15) is 13.2 Å². The molecular formula is C19H24N2O3S. The molecule has 3 fully saturated rings. The Morgan fingerprint density at radius 3 is 2.72 bits per heavy atom. The number of amides is 1. The molecule has 1 aromatic carbocycles. The number of carbonyl (C=O) groups is 1. The molecule has 6 heteroatoms. The number of nitrogens with zero attached hydrogens (tertiary/aromatic N) is 2. The van der Waals surface area contributed by atoms with Crippen molar-refractivity contribution in [2.75, 3.05) is 5.75 Å². The Balaban J connectivity index is 1.57. The zero-order valence-corrected chi connectivity index (χ0v) is 15.5. The second-order valence-electron chi connectivity index (χ2n) is 8.21. The van der Waals surface area contributed by atoms with Crippen LogP contribution in [0.4, 0.5) is 0 Å². The van der Waals surface area contributed by atoms with E-state index >= 15 is 0 Å². The summed E-state index contributed by atoms with van der Waals surface area (Å²) in [6, 6.07) is 9.43. The zero-order valence-electron chi connectivity index (χ0n) is 14.7. The highest BCUT2D eigenvalue weighted by atomic mass is 32.2. The Labute approximate surface area is 149 Å². The number of hydrogen-bond acceptors (Lipinski definition) is 4. The van der Waals surface area contributed by atoms with Crippen LogP contribution in [0.5, 0.6) is 0 Å². The first-order valence-electron chi connectivity index (χ1n) is 8.88. The molecule has 2 bridgehead atoms. The van der Waals surface area contributed by atoms with Crippen molar-refractivity contribution in [3.8, 4) is 0 Å². The van der Waals surface area contributed by atoms with Gasteiger partial charge in [0, 0.05) is 5.41 Å². The Kier molecular flexibility index (Phi) is 3.62. The third-order valence-corrected chi connectivity index (χ3v) is 8.86. The Hall–Kier alpha value is -1.69. The number of sulfonamides is 1. The normalized spacial score (nSPS) is 34.6. The van der Waals surface area contributed by atoms with Crippen molar-refractivity contribution >= 4 is 22.1 Å². The fraction of sp³-hybridized carbons (Fsp3) is 0.579. The first-order chi connectivity index (χ1) is 11.8. The highest BCUT2D eigenvalue weighted by Gasteiger charge is 2.72. The minimum Gasteiger partial charge on any atom is -0.283 e. The van der Waals surface area contributed by atoms with E-state index in [1.165, 1.54) is 6.21 Å². The van der Waals surface area contributed by atoms with Crippen molar-refractivity contribution in [3.63, 3.8) is 0 Å². The minimum absolute atomic E-state index is 0.0268. The van der Waals surface area contributed by atoms with Gasteiger partial charge >= 0.3 is 0 Å². The van der Waals surface area contributed by atoms with Crippen LogP contribution in [-0.4, -0.2) is 36.6 Å². The molecule has 0 unspecified atom stereocenters. The summed E-state index contributed by atoms with van der Waals surface area (Å²) in [4.78, 5) is 16.9. The maximum Gasteiger partial charge on any atom is 0.278 e. The molecule has 0 radical (unpaired) electrons. The lowest BCUT2D eigenvalue weighted by Gasteiger charge is -2.36. The number of fused-ring (bicyclic) bond motifs is 1. The van der Waals surface area contributed by atoms with E-state index in [0.717, 1.165) is 29.1 Å². The summed E-state index contributed by atoms with van der Waals surface area (Å²) in [6.07, 6.45) is 3.97. The second kappa shape index (κ2) is 5.40. The van der Waals surface area contributed by atoms with Crippen molar-refractivity contribution in [2.45, 2.75) is 45.7 Å². The molecule has 2 aliphatic carbocycles. The summed E-state index contributed by atoms with van der Waals surface area (Å²) in [6.45, 7) is 4.74. The highest BCUT2D eigenvalue weighted by molar-refractivity contribution is 7.90. The van der Waals surface area contributed by atoms with Crippen LogP contribution < -0.4 is 0 Å². The Morgan fingerprint density at radius 2 is 2.04 bits per heavy atom. The molecule has 1 saturated heterocycles. The first-order valence-corrected chi connectivity index (χ1v) is 10.5. The maximum absolute atomic E-state index is 12.8. The van der Waals surface area contributed by atoms with Crippen molar-refractivity contribution in [1.82, 2.24) is 4.31 Å². The molecule has 5 nitrogen and oxygen atoms in total. The van der Waals surface area contributed by atoms with Gasteiger partial charge < -0.3 is 0 Å². The lowest BCUT2D eigenvalue weighted by atomic mass is 9.69. The Morgan fingerprint density at radius 1 is 1.32 bits per heavy atom. The van der Waals surface area contributed by atoms with Gasteiger partial charge in [0.15, 0.2) is 0 Å². The minimum atomic E-state index is -3.56. The summed E-state index contributed by atoms with van der Waals surface area (Å²) in [5.74, 6) is 0.123. The largest absolute Gasteiger partial charge is 0.283 e. The number of carbonyl (C=O) groups excluding carboxylic acids is 1. The molecule has 2 saturated carbocycles. The Bertz CT molecular complexity index is 831. The average Bonchev–Trinajstić information content (AvgIpc) is 3.03. The lowest BCUT2D eigenvalue weighted by molar-refractivity contribution is -0.121. The molecular weight excluding hydrogens is 336 g/mol. The molecule has 1 amide bonds. The lowest BCUT2D eigenvalue weighted by Crippen LogP contribution is -2.44. The van der Waals surface area contributed by atoms with E-state index in [0.29, 0.717) is 12.5 Å². The summed E-state index contributed by atoms with van der Waals surface area (Å²) in [7, 11) is -3.56. The predicted octanol–water partition coefficient (Wildman–Crippen LogP) is 2.62. The maximum atomic E-state index is 12.8. The van der Waals surface area contributed by atoms with Crippen LogP contribution >= 0.6 is 0 Å². The molecule has 1 spiro atoms. The predicted molar refractivity (Wildman–Crippen MR) is 96.6 cm³/mol. The van der Waals surface area contributed by atoms with Crippen LogP contribution in [0.1, 0.15) is 38.7 Å². The topological polar surface area (TPSA) is 66.8 Å². The van der Waals surface area contributed by atoms with Crippen LogP contribution in [0.25, 0.3) is 0 Å². The van der Waals surface area contributed by atoms with Gasteiger partial charge in [0.2, 0.25) is 10.0 Å². The fourth-order valence-corrected chi connectivity index (χ4v) is 7.94. The van der Waals surface area contributed by atoms with Crippen LogP contribution in [0.3, 0.4) is 0 Å². The van der Waals surface area contributed by atoms with Crippen molar-refractivity contribution < 1.29 is 13.2 Å². The van der Waals surface area contributed by atoms with E-state index in [2.05, 4.69) is 18.8 Å². The van der Waals surface area contributed by atoms with Gasteiger partial charge in [0.25, 0.3) is 5.91 Å². The molecule has 1 aromatic rings. The number of rotatable bonds is 3. The van der Waals surface area contributed by atoms with Crippen molar-refractivity contribution in [1.29, 1.82) is 0 Å². The number of benzene rings is 1. The van der Waals surface area contributed by atoms with E-state index < -0.39 is 15.9 Å². The summed E-state index contributed by atoms with van der Waals surface area (Å²) < 4.78 is 26.7. The smallest absolute Gasteiger partial charge is 0.278 e. The first kappa shape index (κ1) is 16.8. The molecule has 1 heterocycles. The van der Waals surface area contributed by atoms with E-state index in [1.807, 2.05) is 30.3 Å². The van der Waals surface area contributed by atoms with Crippen LogP contribution in [0.2, 0.25) is 0 Å². The third-order valence-electron chi connectivity index (χ3n) is 6.95. The third kappa shape index (κ3) is 2.30. The van der Waals surface area contributed by atoms with Gasteiger partial charge in [-0.25, -0.2) is 12.7 Å². The van der Waals surface area contributed by atoms with Crippen molar-refractivity contribution in [3.05, 3.63) is 35.9 Å². The van der Waals surface area contributed by atoms with Gasteiger partial charge in [-0.05, 0) is 36.2 Å². The van der Waals surface area contributed by atoms with Gasteiger partial charge in [-0.15, -0.1) is 0 Å². The van der Waals surface area contributed by atoms with Gasteiger partial charge in [-0.1, -0.05) is 44.2 Å². The van der Waals surface area contributed by atoms with E-state index in [4.69, 9.17) is 0 Å². The SMILES string of the molecule is CC1(C)[C@H]2CC[C@@]13CS(=O)(=O)N(C(=O)C=NCc1ccccc1)[C@H]3C2. The van der Waals surface area contributed by atoms with Crippen LogP contribution in [0, 0.1) is 16.7 Å². The van der Waals surface area contributed by atoms with Gasteiger partial charge in [0.05, 0.1) is 24.6 Å². The monoisotopic (exact) mass is 360 g/mol. The summed E-state index contributed by atoms with van der Waals surface area (Å²) in [5, 5.41) is 0. The summed E-state index contributed by atoms with van der Waals surface area (Å²) >= 11 is 0. The number of hydrogen-bond donors (Lipinski definition) is 0. The second-order valence-corrected chi connectivity index (χ2v) is 10.1. The summed E-state index contributed by atoms with van der Waals surface area (Å²) in [5.41, 5.74) is 0.689. The van der Waals surface area contributed by atoms with Crippen LogP contribution in [0.15, 0.2) is 35.3 Å². The zero-order chi connectivity index (χ0) is 17.9. The molecule has 134 valence electrons. The van der Waals surface area contributed by atoms with Gasteiger partial charge in [-0.3, -0.25) is 9.79 Å². The van der Waals surface area contributed by atoms with E-state index in [1.54, 1.807) is 0 Å². The average molecular weight is 360 g/mol. The van der Waals surface area contributed by atoms with Gasteiger partial charge in [-0.2, -0.15) is 0 Å². The standard InChI is InChI=1S/C19H24N2O3S/c1-18(2)15-8-9-19(18)13-25(23,24)21(16(19)10-15)17(22)12-20-11-14-6-4-3-5-7-14/h3-7,12,15-16H,8-11,13H2,1-2H3/t15-,16-,19-/m0/s1. The molecule has 1 aliphatic heterocycles. The molecule has 3 aliphatic rings. The fourth-order valence-electron chi connectivity index (χ4n) is 5.45. The number of aliphatic imine (C=N–C) groups is 1. The quantitative estimate of drug-likeness (QED) is 0.778. The van der Waals surface area contributed by atoms with Gasteiger partial charge in [0.1, 0.15) is 0 Å². The molecule has 3 atom stereocenters. The molecule has 4 rings (SSSR count). The van der Waals surface area contributed by atoms with Crippen molar-refractivity contribution in [2.24, 2.45) is 21.7 Å². The molecule has 25 heavy (non-hydrogen) atoms. The molecule has 0 aromatic heterocycles. The van der Waals surface area contributed by atoms with E-state index in [-0.39, 0.29) is 22.6 Å². The van der Waals surface area contributed by atoms with Crippen LogP contribution in [-0.2, 0) is 21.4 Å².